The summed E-state index contributed by atoms with van der Waals surface area (Å²) in [7, 11) is 0. The number of aryl methyl sites for hydroxylation is 1. The molecule has 0 aliphatic heterocycles. The molecule has 126 valence electrons. The van der Waals surface area contributed by atoms with Crippen LogP contribution in [0.4, 0.5) is 5.69 Å². The maximum absolute atomic E-state index is 12.1. The van der Waals surface area contributed by atoms with E-state index in [2.05, 4.69) is 48.0 Å². The number of allylic oxidation sites excluding steroid dienone is 1. The van der Waals surface area contributed by atoms with Crippen molar-refractivity contribution in [2.45, 2.75) is 13.8 Å². The van der Waals surface area contributed by atoms with Crippen LogP contribution in [0.5, 0.6) is 0 Å². The van der Waals surface area contributed by atoms with Crippen molar-refractivity contribution >= 4 is 49.2 Å². The molecule has 0 saturated carbocycles. The quantitative estimate of drug-likeness (QED) is 0.560. The monoisotopic (exact) mass is 451 g/mol. The van der Waals surface area contributed by atoms with Crippen molar-refractivity contribution in [2.24, 2.45) is 0 Å². The summed E-state index contributed by atoms with van der Waals surface area (Å²) in [6.07, 6.45) is 1.91. The van der Waals surface area contributed by atoms with Gasteiger partial charge in [0, 0.05) is 8.95 Å². The molecule has 0 bridgehead atoms. The molecule has 3 N–H and O–H groups in total. The summed E-state index contributed by atoms with van der Waals surface area (Å²) >= 11 is 7.01. The van der Waals surface area contributed by atoms with Gasteiger partial charge in [0.15, 0.2) is 0 Å². The maximum Gasteiger partial charge on any atom is 0.257 e. The molecule has 0 aliphatic carbocycles. The number of anilines is 1. The molecule has 0 aromatic heterocycles. The summed E-state index contributed by atoms with van der Waals surface area (Å²) in [6, 6.07) is 13.8. The van der Waals surface area contributed by atoms with Crippen LogP contribution in [-0.4, -0.2) is 12.5 Å². The predicted molar refractivity (Wildman–Crippen MR) is 106 cm³/mol. The van der Waals surface area contributed by atoms with Gasteiger partial charge in [0.2, 0.25) is 0 Å². The van der Waals surface area contributed by atoms with Gasteiger partial charge in [-0.15, -0.1) is 0 Å². The van der Waals surface area contributed by atoms with Crippen LogP contribution in [0.3, 0.4) is 0 Å². The molecule has 1 amide bonds. The van der Waals surface area contributed by atoms with Gasteiger partial charge >= 0.3 is 0 Å². The first-order chi connectivity index (χ1) is 11.5. The number of halogens is 2. The van der Waals surface area contributed by atoms with Crippen LogP contribution in [0.1, 0.15) is 18.1 Å². The molecule has 0 unspecified atom stereocenters. The third-order valence-electron chi connectivity index (χ3n) is 3.32. The lowest BCUT2D eigenvalue weighted by molar-refractivity contribution is -0.120. The molecular formula is C18H19Br2N3O. The lowest BCUT2D eigenvalue weighted by Crippen LogP contribution is -2.39. The Morgan fingerprint density at radius 2 is 1.71 bits per heavy atom. The molecule has 0 heterocycles. The number of hydrogen-bond donors (Lipinski definition) is 3. The van der Waals surface area contributed by atoms with Crippen LogP contribution >= 0.6 is 31.9 Å². The van der Waals surface area contributed by atoms with Crippen LogP contribution in [-0.2, 0) is 4.79 Å². The number of carbonyl (C=O) groups excluding carboxylic acids is 1. The summed E-state index contributed by atoms with van der Waals surface area (Å²) in [5.74, 6) is -0.162. The van der Waals surface area contributed by atoms with E-state index >= 15 is 0 Å². The highest BCUT2D eigenvalue weighted by atomic mass is 79.9. The zero-order valence-electron chi connectivity index (χ0n) is 13.5. The Morgan fingerprint density at radius 1 is 1.08 bits per heavy atom. The van der Waals surface area contributed by atoms with E-state index in [0.29, 0.717) is 0 Å². The molecule has 2 rings (SSSR count). The molecule has 0 saturated heterocycles. The average molecular weight is 453 g/mol. The number of hydrogen-bond acceptors (Lipinski definition) is 3. The van der Waals surface area contributed by atoms with Crippen molar-refractivity contribution in [1.82, 2.24) is 10.9 Å². The number of carbonyl (C=O) groups is 1. The van der Waals surface area contributed by atoms with E-state index < -0.39 is 0 Å². The predicted octanol–water partition coefficient (Wildman–Crippen LogP) is 4.61. The molecule has 0 spiro atoms. The van der Waals surface area contributed by atoms with Gasteiger partial charge in [-0.2, -0.15) is 0 Å². The highest BCUT2D eigenvalue weighted by Gasteiger charge is 2.08. The van der Waals surface area contributed by atoms with Crippen molar-refractivity contribution in [1.29, 1.82) is 0 Å². The zero-order chi connectivity index (χ0) is 17.5. The molecule has 4 nitrogen and oxygen atoms in total. The third-order valence-corrected chi connectivity index (χ3v) is 4.57. The zero-order valence-corrected chi connectivity index (χ0v) is 16.7. The molecule has 24 heavy (non-hydrogen) atoms. The second kappa shape index (κ2) is 8.89. The molecular weight excluding hydrogens is 434 g/mol. The molecule has 6 heteroatoms. The second-order valence-electron chi connectivity index (χ2n) is 5.20. The molecule has 2 aromatic rings. The van der Waals surface area contributed by atoms with Gasteiger partial charge in [-0.3, -0.25) is 15.6 Å². The van der Waals surface area contributed by atoms with Crippen LogP contribution in [0, 0.1) is 6.92 Å². The smallest absolute Gasteiger partial charge is 0.257 e. The first-order valence-electron chi connectivity index (χ1n) is 7.47. The van der Waals surface area contributed by atoms with Crippen LogP contribution < -0.4 is 16.2 Å². The van der Waals surface area contributed by atoms with Crippen molar-refractivity contribution in [2.75, 3.05) is 11.9 Å². The Labute approximate surface area is 159 Å². The van der Waals surface area contributed by atoms with E-state index in [0.717, 1.165) is 31.5 Å². The summed E-state index contributed by atoms with van der Waals surface area (Å²) in [5, 5.41) is 3.12. The van der Waals surface area contributed by atoms with Crippen molar-refractivity contribution < 1.29 is 4.79 Å². The van der Waals surface area contributed by atoms with E-state index in [1.165, 1.54) is 0 Å². The summed E-state index contributed by atoms with van der Waals surface area (Å²) in [4.78, 5) is 12.1. The fraction of sp³-hybridized carbons (Fsp3) is 0.167. The summed E-state index contributed by atoms with van der Waals surface area (Å²) in [6.45, 7) is 4.08. The second-order valence-corrected chi connectivity index (χ2v) is 6.91. The fourth-order valence-corrected chi connectivity index (χ4v) is 3.84. The van der Waals surface area contributed by atoms with E-state index in [-0.39, 0.29) is 12.5 Å². The van der Waals surface area contributed by atoms with E-state index in [1.54, 1.807) is 0 Å². The van der Waals surface area contributed by atoms with Crippen LogP contribution in [0.15, 0.2) is 57.5 Å². The highest BCUT2D eigenvalue weighted by molar-refractivity contribution is 9.11. The minimum Gasteiger partial charge on any atom is -0.374 e. The van der Waals surface area contributed by atoms with Gasteiger partial charge in [0.05, 0.1) is 17.9 Å². The molecule has 0 fully saturated rings. The summed E-state index contributed by atoms with van der Waals surface area (Å²) in [5.41, 5.74) is 9.50. The molecule has 0 atom stereocenters. The SMILES string of the molecule is CC=C(NNC(=O)CNc1c(Br)cc(C)cc1Br)c1ccccc1. The minimum atomic E-state index is -0.162. The molecule has 0 aliphatic rings. The Balaban J connectivity index is 1.90. The normalized spacial score (nSPS) is 11.1. The summed E-state index contributed by atoms with van der Waals surface area (Å²) < 4.78 is 1.82. The largest absolute Gasteiger partial charge is 0.374 e. The third kappa shape index (κ3) is 5.11. The van der Waals surface area contributed by atoms with Gasteiger partial charge < -0.3 is 5.32 Å². The van der Waals surface area contributed by atoms with Gasteiger partial charge in [-0.25, -0.2) is 0 Å². The average Bonchev–Trinajstić information content (AvgIpc) is 2.55. The van der Waals surface area contributed by atoms with Crippen LogP contribution in [0.25, 0.3) is 5.70 Å². The lowest BCUT2D eigenvalue weighted by Gasteiger charge is -2.14. The van der Waals surface area contributed by atoms with Crippen LogP contribution in [0.2, 0.25) is 0 Å². The number of benzene rings is 2. The Morgan fingerprint density at radius 3 is 2.29 bits per heavy atom. The highest BCUT2D eigenvalue weighted by Crippen LogP contribution is 2.32. The van der Waals surface area contributed by atoms with E-state index in [4.69, 9.17) is 0 Å². The van der Waals surface area contributed by atoms with E-state index in [9.17, 15) is 4.79 Å². The number of hydrazine groups is 1. The standard InChI is InChI=1S/C18H19Br2N3O/c1-3-16(13-7-5-4-6-8-13)22-23-17(24)11-21-18-14(19)9-12(2)10-15(18)20/h3-10,21-22H,11H2,1-2H3,(H,23,24). The minimum absolute atomic E-state index is 0.152. The van der Waals surface area contributed by atoms with Gasteiger partial charge in [-0.05, 0) is 69.0 Å². The number of amides is 1. The van der Waals surface area contributed by atoms with Gasteiger partial charge in [-0.1, -0.05) is 36.4 Å². The Hall–Kier alpha value is -1.79. The fourth-order valence-electron chi connectivity index (χ4n) is 2.15. The topological polar surface area (TPSA) is 53.2 Å². The van der Waals surface area contributed by atoms with Gasteiger partial charge in [0.1, 0.15) is 0 Å². The Bertz CT molecular complexity index is 722. The first-order valence-corrected chi connectivity index (χ1v) is 9.06. The first kappa shape index (κ1) is 18.5. The number of rotatable bonds is 6. The lowest BCUT2D eigenvalue weighted by atomic mass is 10.1. The Kier molecular flexibility index (Phi) is 6.87. The molecule has 2 aromatic carbocycles. The van der Waals surface area contributed by atoms with E-state index in [1.807, 2.05) is 62.4 Å². The maximum atomic E-state index is 12.1. The van der Waals surface area contributed by atoms with Crippen molar-refractivity contribution in [3.8, 4) is 0 Å². The number of nitrogens with one attached hydrogen (secondary N) is 3. The van der Waals surface area contributed by atoms with Crippen molar-refractivity contribution in [3.05, 3.63) is 68.6 Å². The molecule has 0 radical (unpaired) electrons. The van der Waals surface area contributed by atoms with Gasteiger partial charge in [0.25, 0.3) is 5.91 Å². The van der Waals surface area contributed by atoms with Crippen molar-refractivity contribution in [3.63, 3.8) is 0 Å².